The smallest absolute Gasteiger partial charge is 0.420 e. The minimum atomic E-state index is -4.70. The van der Waals surface area contributed by atoms with Crippen LogP contribution in [0, 0.1) is 0 Å². The van der Waals surface area contributed by atoms with Gasteiger partial charge in [-0.05, 0) is 23.3 Å². The van der Waals surface area contributed by atoms with Crippen LogP contribution in [0.15, 0.2) is 72.8 Å². The summed E-state index contributed by atoms with van der Waals surface area (Å²) in [6, 6.07) is 19.9. The van der Waals surface area contributed by atoms with E-state index in [0.29, 0.717) is 11.8 Å². The summed E-state index contributed by atoms with van der Waals surface area (Å²) in [5.41, 5.74) is 0.309. The van der Waals surface area contributed by atoms with Gasteiger partial charge in [0.1, 0.15) is 25.1 Å². The zero-order chi connectivity index (χ0) is 20.0. The fourth-order valence-corrected chi connectivity index (χ4v) is 2.62. The van der Waals surface area contributed by atoms with Gasteiger partial charge in [-0.15, -0.1) is 0 Å². The van der Waals surface area contributed by atoms with Crippen LogP contribution in [0.3, 0.4) is 0 Å². The van der Waals surface area contributed by atoms with Crippen LogP contribution in [0.25, 0.3) is 0 Å². The molecule has 0 atom stereocenters. The van der Waals surface area contributed by atoms with E-state index in [0.717, 1.165) is 11.6 Å². The number of carbonyl (C=O) groups is 1. The van der Waals surface area contributed by atoms with Gasteiger partial charge in [0.2, 0.25) is 0 Å². The molecule has 3 aromatic carbocycles. The maximum absolute atomic E-state index is 13.6. The fourth-order valence-electron chi connectivity index (χ4n) is 2.62. The quantitative estimate of drug-likeness (QED) is 0.491. The largest absolute Gasteiger partial charge is 0.485 e. The predicted molar refractivity (Wildman–Crippen MR) is 98.4 cm³/mol. The molecule has 28 heavy (non-hydrogen) atoms. The van der Waals surface area contributed by atoms with E-state index in [2.05, 4.69) is 0 Å². The third kappa shape index (κ3) is 4.91. The van der Waals surface area contributed by atoms with Crippen molar-refractivity contribution < 1.29 is 27.4 Å². The van der Waals surface area contributed by atoms with Crippen molar-refractivity contribution >= 4 is 6.29 Å². The second kappa shape index (κ2) is 8.61. The number of hydrogen-bond acceptors (Lipinski definition) is 3. The zero-order valence-corrected chi connectivity index (χ0v) is 14.8. The standard InChI is InChI=1S/C22H17F3O3/c23-22(24,25)19-11-18(13-26)12-20(27-14-16-7-3-1-4-8-16)21(19)28-15-17-9-5-2-6-10-17/h1-13H,14-15H2. The molecule has 0 aliphatic heterocycles. The third-order valence-corrected chi connectivity index (χ3v) is 3.98. The van der Waals surface area contributed by atoms with Crippen molar-refractivity contribution in [2.45, 2.75) is 19.4 Å². The molecule has 0 aromatic heterocycles. The van der Waals surface area contributed by atoms with Crippen LogP contribution < -0.4 is 9.47 Å². The number of benzene rings is 3. The second-order valence-corrected chi connectivity index (χ2v) is 6.06. The molecule has 3 rings (SSSR count). The summed E-state index contributed by atoms with van der Waals surface area (Å²) in [6.45, 7) is -0.0196. The van der Waals surface area contributed by atoms with E-state index in [1.54, 1.807) is 54.6 Å². The summed E-state index contributed by atoms with van der Waals surface area (Å²) in [6.07, 6.45) is -4.35. The van der Waals surface area contributed by atoms with Crippen LogP contribution in [0.2, 0.25) is 0 Å². The van der Waals surface area contributed by atoms with Crippen LogP contribution in [0.1, 0.15) is 27.0 Å². The maximum atomic E-state index is 13.6. The zero-order valence-electron chi connectivity index (χ0n) is 14.8. The Morgan fingerprint density at radius 3 is 1.82 bits per heavy atom. The summed E-state index contributed by atoms with van der Waals surface area (Å²) in [4.78, 5) is 11.1. The van der Waals surface area contributed by atoms with E-state index in [1.165, 1.54) is 6.07 Å². The molecule has 0 fully saturated rings. The number of aldehydes is 1. The molecule has 3 aromatic rings. The summed E-state index contributed by atoms with van der Waals surface area (Å²) < 4.78 is 51.9. The SMILES string of the molecule is O=Cc1cc(OCc2ccccc2)c(OCc2ccccc2)c(C(F)(F)F)c1. The van der Waals surface area contributed by atoms with Gasteiger partial charge in [-0.25, -0.2) is 0 Å². The minimum Gasteiger partial charge on any atom is -0.485 e. The van der Waals surface area contributed by atoms with Gasteiger partial charge in [0, 0.05) is 5.56 Å². The van der Waals surface area contributed by atoms with Crippen LogP contribution >= 0.6 is 0 Å². The Morgan fingerprint density at radius 2 is 1.32 bits per heavy atom. The number of hydrogen-bond donors (Lipinski definition) is 0. The first-order chi connectivity index (χ1) is 13.5. The van der Waals surface area contributed by atoms with E-state index in [9.17, 15) is 18.0 Å². The number of rotatable bonds is 7. The minimum absolute atomic E-state index is 0.0438. The summed E-state index contributed by atoms with van der Waals surface area (Å²) in [7, 11) is 0. The summed E-state index contributed by atoms with van der Waals surface area (Å²) >= 11 is 0. The number of ether oxygens (including phenoxy) is 2. The van der Waals surface area contributed by atoms with Gasteiger partial charge >= 0.3 is 6.18 Å². The lowest BCUT2D eigenvalue weighted by Gasteiger charge is -2.19. The van der Waals surface area contributed by atoms with Gasteiger partial charge in [-0.3, -0.25) is 4.79 Å². The molecular weight excluding hydrogens is 369 g/mol. The first-order valence-electron chi connectivity index (χ1n) is 8.51. The predicted octanol–water partition coefficient (Wildman–Crippen LogP) is 5.68. The summed E-state index contributed by atoms with van der Waals surface area (Å²) in [5.74, 6) is -0.561. The van der Waals surface area contributed by atoms with Crippen molar-refractivity contribution in [3.8, 4) is 11.5 Å². The molecule has 0 aliphatic carbocycles. The third-order valence-electron chi connectivity index (χ3n) is 3.98. The molecule has 0 N–H and O–H groups in total. The molecule has 0 radical (unpaired) electrons. The maximum Gasteiger partial charge on any atom is 0.420 e. The van der Waals surface area contributed by atoms with Crippen LogP contribution in [0.5, 0.6) is 11.5 Å². The Balaban J connectivity index is 1.95. The summed E-state index contributed by atoms with van der Waals surface area (Å²) in [5, 5.41) is 0. The molecule has 0 bridgehead atoms. The highest BCUT2D eigenvalue weighted by Crippen LogP contribution is 2.43. The highest BCUT2D eigenvalue weighted by Gasteiger charge is 2.37. The molecule has 0 heterocycles. The Hall–Kier alpha value is -3.28. The van der Waals surface area contributed by atoms with Crippen LogP contribution in [0.4, 0.5) is 13.2 Å². The van der Waals surface area contributed by atoms with Crippen molar-refractivity contribution in [3.05, 3.63) is 95.1 Å². The van der Waals surface area contributed by atoms with Gasteiger partial charge in [-0.1, -0.05) is 60.7 Å². The van der Waals surface area contributed by atoms with E-state index in [1.807, 2.05) is 6.07 Å². The average Bonchev–Trinajstić information content (AvgIpc) is 2.71. The molecule has 0 spiro atoms. The number of alkyl halides is 3. The molecule has 0 unspecified atom stereocenters. The highest BCUT2D eigenvalue weighted by molar-refractivity contribution is 5.77. The highest BCUT2D eigenvalue weighted by atomic mass is 19.4. The lowest BCUT2D eigenvalue weighted by molar-refractivity contribution is -0.139. The monoisotopic (exact) mass is 386 g/mol. The fraction of sp³-hybridized carbons (Fsp3) is 0.136. The van der Waals surface area contributed by atoms with E-state index in [-0.39, 0.29) is 24.5 Å². The van der Waals surface area contributed by atoms with Gasteiger partial charge in [-0.2, -0.15) is 13.2 Å². The Labute approximate surface area is 160 Å². The van der Waals surface area contributed by atoms with Crippen molar-refractivity contribution in [2.24, 2.45) is 0 Å². The molecule has 6 heteroatoms. The van der Waals surface area contributed by atoms with E-state index < -0.39 is 17.5 Å². The second-order valence-electron chi connectivity index (χ2n) is 6.06. The lowest BCUT2D eigenvalue weighted by atomic mass is 10.1. The molecule has 144 valence electrons. The normalized spacial score (nSPS) is 11.1. The Kier molecular flexibility index (Phi) is 5.99. The van der Waals surface area contributed by atoms with E-state index >= 15 is 0 Å². The van der Waals surface area contributed by atoms with Gasteiger partial charge < -0.3 is 9.47 Å². The molecule has 0 aliphatic rings. The van der Waals surface area contributed by atoms with Crippen molar-refractivity contribution in [1.29, 1.82) is 0 Å². The van der Waals surface area contributed by atoms with Crippen molar-refractivity contribution in [2.75, 3.05) is 0 Å². The van der Waals surface area contributed by atoms with Gasteiger partial charge in [0.25, 0.3) is 0 Å². The molecule has 0 amide bonds. The van der Waals surface area contributed by atoms with Crippen molar-refractivity contribution in [3.63, 3.8) is 0 Å². The number of halogens is 3. The van der Waals surface area contributed by atoms with Gasteiger partial charge in [0.15, 0.2) is 11.5 Å². The topological polar surface area (TPSA) is 35.5 Å². The first kappa shape index (κ1) is 19.5. The molecular formula is C22H17F3O3. The molecule has 3 nitrogen and oxygen atoms in total. The van der Waals surface area contributed by atoms with Crippen molar-refractivity contribution in [1.82, 2.24) is 0 Å². The Morgan fingerprint density at radius 1 is 0.786 bits per heavy atom. The first-order valence-corrected chi connectivity index (χ1v) is 8.51. The molecule has 0 saturated carbocycles. The van der Waals surface area contributed by atoms with Gasteiger partial charge in [0.05, 0.1) is 0 Å². The molecule has 0 saturated heterocycles. The van der Waals surface area contributed by atoms with Crippen LogP contribution in [-0.2, 0) is 19.4 Å². The number of carbonyl (C=O) groups excluding carboxylic acids is 1. The van der Waals surface area contributed by atoms with Crippen LogP contribution in [-0.4, -0.2) is 6.29 Å². The van der Waals surface area contributed by atoms with E-state index in [4.69, 9.17) is 9.47 Å². The lowest BCUT2D eigenvalue weighted by Crippen LogP contribution is -2.11. The Bertz CT molecular complexity index is 923. The average molecular weight is 386 g/mol.